The van der Waals surface area contributed by atoms with Crippen LogP contribution < -0.4 is 5.56 Å². The normalized spacial score (nSPS) is 23.7. The first kappa shape index (κ1) is 17.4. The van der Waals surface area contributed by atoms with Gasteiger partial charge < -0.3 is 9.64 Å². The Labute approximate surface area is 138 Å². The zero-order valence-electron chi connectivity index (χ0n) is 13.5. The Kier molecular flexibility index (Phi) is 5.24. The highest BCUT2D eigenvalue weighted by molar-refractivity contribution is 5.03. The van der Waals surface area contributed by atoms with Crippen LogP contribution in [0.4, 0.5) is 13.2 Å². The molecular weight excluding hydrogens is 323 g/mol. The number of piperidine rings is 1. The summed E-state index contributed by atoms with van der Waals surface area (Å²) in [5, 5.41) is 0. The first-order valence-electron chi connectivity index (χ1n) is 8.35. The number of alkyl halides is 3. The van der Waals surface area contributed by atoms with Crippen molar-refractivity contribution in [3.8, 4) is 0 Å². The molecule has 1 aromatic heterocycles. The van der Waals surface area contributed by atoms with Crippen LogP contribution >= 0.6 is 0 Å². The maximum Gasteiger partial charge on any atom is 0.433 e. The van der Waals surface area contributed by atoms with Gasteiger partial charge in [-0.2, -0.15) is 13.2 Å². The number of hydrogen-bond acceptors (Lipinski definition) is 4. The predicted octanol–water partition coefficient (Wildman–Crippen LogP) is 2.01. The van der Waals surface area contributed by atoms with Crippen LogP contribution in [0.3, 0.4) is 0 Å². The summed E-state index contributed by atoms with van der Waals surface area (Å²) >= 11 is 0. The fourth-order valence-electron chi connectivity index (χ4n) is 3.44. The molecule has 2 aliphatic heterocycles. The Bertz CT molecular complexity index is 603. The number of hydrogen-bond donors (Lipinski definition) is 0. The van der Waals surface area contributed by atoms with Crippen LogP contribution in [0.1, 0.15) is 25.0 Å². The molecule has 8 heteroatoms. The molecule has 0 aromatic carbocycles. The average molecular weight is 345 g/mol. The number of rotatable bonds is 4. The lowest BCUT2D eigenvalue weighted by atomic mass is 9.95. The minimum Gasteiger partial charge on any atom is -0.381 e. The minimum atomic E-state index is -4.58. The first-order valence-corrected chi connectivity index (χ1v) is 8.35. The third-order valence-corrected chi connectivity index (χ3v) is 4.87. The van der Waals surface area contributed by atoms with E-state index in [1.54, 1.807) is 0 Å². The molecule has 2 aliphatic rings. The molecular formula is C16H22F3N3O2. The summed E-state index contributed by atoms with van der Waals surface area (Å²) in [5.41, 5.74) is -1.76. The van der Waals surface area contributed by atoms with Crippen molar-refractivity contribution in [2.24, 2.45) is 11.8 Å². The van der Waals surface area contributed by atoms with Crippen LogP contribution in [-0.2, 0) is 17.5 Å². The van der Waals surface area contributed by atoms with Crippen molar-refractivity contribution in [3.63, 3.8) is 0 Å². The molecule has 3 rings (SSSR count). The number of aromatic nitrogens is 2. The van der Waals surface area contributed by atoms with Gasteiger partial charge >= 0.3 is 6.18 Å². The molecule has 24 heavy (non-hydrogen) atoms. The largest absolute Gasteiger partial charge is 0.433 e. The smallest absolute Gasteiger partial charge is 0.381 e. The van der Waals surface area contributed by atoms with E-state index in [-0.39, 0.29) is 0 Å². The molecule has 0 saturated carbocycles. The van der Waals surface area contributed by atoms with Crippen molar-refractivity contribution < 1.29 is 17.9 Å². The molecule has 0 amide bonds. The summed E-state index contributed by atoms with van der Waals surface area (Å²) in [4.78, 5) is 17.6. The van der Waals surface area contributed by atoms with E-state index in [4.69, 9.17) is 4.74 Å². The summed E-state index contributed by atoms with van der Waals surface area (Å²) in [6.07, 6.45) is -0.546. The van der Waals surface area contributed by atoms with Gasteiger partial charge in [-0.3, -0.25) is 9.36 Å². The Morgan fingerprint density at radius 3 is 2.50 bits per heavy atom. The van der Waals surface area contributed by atoms with Gasteiger partial charge in [0, 0.05) is 25.8 Å². The molecule has 134 valence electrons. The lowest BCUT2D eigenvalue weighted by Gasteiger charge is -2.33. The Hall–Kier alpha value is -1.41. The SMILES string of the molecule is O=c1cc(C(F)(F)F)ncn1CC1CCN(CC2CCOC2)CC1. The molecule has 0 aliphatic carbocycles. The molecule has 1 atom stereocenters. The predicted molar refractivity (Wildman–Crippen MR) is 81.6 cm³/mol. The van der Waals surface area contributed by atoms with Crippen LogP contribution in [0.2, 0.25) is 0 Å². The van der Waals surface area contributed by atoms with Gasteiger partial charge in [0.2, 0.25) is 0 Å². The number of halogens is 3. The second-order valence-electron chi connectivity index (χ2n) is 6.74. The average Bonchev–Trinajstić information content (AvgIpc) is 3.03. The Morgan fingerprint density at radius 1 is 1.17 bits per heavy atom. The van der Waals surface area contributed by atoms with E-state index in [1.807, 2.05) is 0 Å². The minimum absolute atomic E-state index is 0.303. The van der Waals surface area contributed by atoms with E-state index in [2.05, 4.69) is 9.88 Å². The van der Waals surface area contributed by atoms with Crippen molar-refractivity contribution in [2.75, 3.05) is 32.8 Å². The molecule has 2 saturated heterocycles. The third kappa shape index (κ3) is 4.36. The van der Waals surface area contributed by atoms with Crippen molar-refractivity contribution in [2.45, 2.75) is 32.0 Å². The number of likely N-dealkylation sites (tertiary alicyclic amines) is 1. The van der Waals surface area contributed by atoms with Crippen molar-refractivity contribution >= 4 is 0 Å². The van der Waals surface area contributed by atoms with Crippen LogP contribution in [0, 0.1) is 11.8 Å². The van der Waals surface area contributed by atoms with E-state index in [0.29, 0.717) is 24.4 Å². The summed E-state index contributed by atoms with van der Waals surface area (Å²) in [6.45, 7) is 5.10. The zero-order valence-corrected chi connectivity index (χ0v) is 13.5. The summed E-state index contributed by atoms with van der Waals surface area (Å²) in [6, 6.07) is 0.579. The Morgan fingerprint density at radius 2 is 1.92 bits per heavy atom. The molecule has 2 fully saturated rings. The maximum atomic E-state index is 12.5. The fraction of sp³-hybridized carbons (Fsp3) is 0.750. The standard InChI is InChI=1S/C16H22F3N3O2/c17-16(18,19)14-7-15(23)22(11-20-14)9-12-1-4-21(5-2-12)8-13-3-6-24-10-13/h7,11-13H,1-6,8-10H2. The zero-order chi connectivity index (χ0) is 17.2. The topological polar surface area (TPSA) is 47.4 Å². The van der Waals surface area contributed by atoms with Crippen LogP contribution in [-0.4, -0.2) is 47.3 Å². The molecule has 1 aromatic rings. The van der Waals surface area contributed by atoms with Gasteiger partial charge in [-0.25, -0.2) is 4.98 Å². The second kappa shape index (κ2) is 7.23. The van der Waals surface area contributed by atoms with Gasteiger partial charge in [0.15, 0.2) is 5.69 Å². The van der Waals surface area contributed by atoms with Crippen molar-refractivity contribution in [3.05, 3.63) is 28.4 Å². The quantitative estimate of drug-likeness (QED) is 0.838. The van der Waals surface area contributed by atoms with Crippen molar-refractivity contribution in [1.29, 1.82) is 0 Å². The summed E-state index contributed by atoms with van der Waals surface area (Å²) < 4.78 is 44.3. The van der Waals surface area contributed by atoms with Crippen LogP contribution in [0.5, 0.6) is 0 Å². The molecule has 3 heterocycles. The van der Waals surface area contributed by atoms with Gasteiger partial charge in [0.05, 0.1) is 12.9 Å². The van der Waals surface area contributed by atoms with Gasteiger partial charge in [-0.15, -0.1) is 0 Å². The summed E-state index contributed by atoms with van der Waals surface area (Å²) in [7, 11) is 0. The van der Waals surface area contributed by atoms with Crippen LogP contribution in [0.15, 0.2) is 17.2 Å². The van der Waals surface area contributed by atoms with E-state index in [1.165, 1.54) is 4.57 Å². The molecule has 0 radical (unpaired) electrons. The van der Waals surface area contributed by atoms with Crippen molar-refractivity contribution in [1.82, 2.24) is 14.5 Å². The van der Waals surface area contributed by atoms with Gasteiger partial charge in [0.25, 0.3) is 5.56 Å². The fourth-order valence-corrected chi connectivity index (χ4v) is 3.44. The monoisotopic (exact) mass is 345 g/mol. The van der Waals surface area contributed by atoms with Crippen LogP contribution in [0.25, 0.3) is 0 Å². The summed E-state index contributed by atoms with van der Waals surface area (Å²) in [5.74, 6) is 0.917. The highest BCUT2D eigenvalue weighted by Gasteiger charge is 2.33. The molecule has 1 unspecified atom stereocenters. The maximum absolute atomic E-state index is 12.5. The van der Waals surface area contributed by atoms with E-state index < -0.39 is 17.4 Å². The molecule has 0 bridgehead atoms. The number of ether oxygens (including phenoxy) is 1. The van der Waals surface area contributed by atoms with Gasteiger partial charge in [0.1, 0.15) is 0 Å². The van der Waals surface area contributed by atoms with E-state index in [0.717, 1.165) is 58.4 Å². The highest BCUT2D eigenvalue weighted by atomic mass is 19.4. The van der Waals surface area contributed by atoms with E-state index >= 15 is 0 Å². The molecule has 0 spiro atoms. The van der Waals surface area contributed by atoms with Gasteiger partial charge in [-0.1, -0.05) is 0 Å². The lowest BCUT2D eigenvalue weighted by molar-refractivity contribution is -0.141. The van der Waals surface area contributed by atoms with Gasteiger partial charge in [-0.05, 0) is 44.2 Å². The number of nitrogens with zero attached hydrogens (tertiary/aromatic N) is 3. The Balaban J connectivity index is 1.51. The van der Waals surface area contributed by atoms with E-state index in [9.17, 15) is 18.0 Å². The highest BCUT2D eigenvalue weighted by Crippen LogP contribution is 2.26. The lowest BCUT2D eigenvalue weighted by Crippen LogP contribution is -2.39. The molecule has 0 N–H and O–H groups in total. The molecule has 5 nitrogen and oxygen atoms in total. The first-order chi connectivity index (χ1) is 11.4. The third-order valence-electron chi connectivity index (χ3n) is 4.87. The second-order valence-corrected chi connectivity index (χ2v) is 6.74.